The summed E-state index contributed by atoms with van der Waals surface area (Å²) < 4.78 is 29.6. The first-order valence-electron chi connectivity index (χ1n) is 9.18. The molecule has 1 aliphatic heterocycles. The van der Waals surface area contributed by atoms with Gasteiger partial charge in [0.05, 0.1) is 11.3 Å². The van der Waals surface area contributed by atoms with Crippen LogP contribution in [0.25, 0.3) is 0 Å². The minimum absolute atomic E-state index is 0.0478. The molecule has 0 radical (unpaired) electrons. The van der Waals surface area contributed by atoms with Gasteiger partial charge in [-0.15, -0.1) is 11.3 Å². The summed E-state index contributed by atoms with van der Waals surface area (Å²) in [6, 6.07) is 16.2. The molecule has 3 aromatic rings. The molecule has 0 spiro atoms. The quantitative estimate of drug-likeness (QED) is 0.642. The number of ether oxygens (including phenoxy) is 1. The van der Waals surface area contributed by atoms with Gasteiger partial charge < -0.3 is 4.74 Å². The van der Waals surface area contributed by atoms with Gasteiger partial charge in [-0.05, 0) is 17.7 Å². The van der Waals surface area contributed by atoms with Crippen molar-refractivity contribution in [3.8, 4) is 5.75 Å². The van der Waals surface area contributed by atoms with E-state index in [1.165, 1.54) is 35.1 Å². The fourth-order valence-electron chi connectivity index (χ4n) is 3.30. The van der Waals surface area contributed by atoms with E-state index in [0.717, 1.165) is 36.6 Å². The third-order valence-corrected chi connectivity index (χ3v) is 5.63. The van der Waals surface area contributed by atoms with Crippen molar-refractivity contribution in [2.75, 3.05) is 11.9 Å². The lowest BCUT2D eigenvalue weighted by atomic mass is 10.1. The lowest BCUT2D eigenvalue weighted by Gasteiger charge is -2.25. The van der Waals surface area contributed by atoms with Gasteiger partial charge >= 0.3 is 6.61 Å². The van der Waals surface area contributed by atoms with Crippen molar-refractivity contribution in [2.24, 2.45) is 0 Å². The van der Waals surface area contributed by atoms with Crippen LogP contribution in [-0.4, -0.2) is 28.9 Å². The molecular formula is C21H19F2N3O2S. The Hall–Kier alpha value is -2.84. The monoisotopic (exact) mass is 415 g/mol. The molecule has 0 fully saturated rings. The predicted molar refractivity (Wildman–Crippen MR) is 107 cm³/mol. The number of amides is 1. The van der Waals surface area contributed by atoms with Crippen LogP contribution in [0.5, 0.6) is 5.75 Å². The Morgan fingerprint density at radius 3 is 2.72 bits per heavy atom. The fraction of sp³-hybridized carbons (Fsp3) is 0.238. The molecule has 1 aromatic heterocycles. The van der Waals surface area contributed by atoms with E-state index in [1.807, 2.05) is 18.2 Å². The van der Waals surface area contributed by atoms with Gasteiger partial charge in [0, 0.05) is 30.9 Å². The molecule has 1 aliphatic rings. The zero-order valence-corrected chi connectivity index (χ0v) is 16.3. The van der Waals surface area contributed by atoms with Gasteiger partial charge in [0.15, 0.2) is 5.13 Å². The average molecular weight is 415 g/mol. The molecule has 0 unspecified atom stereocenters. The van der Waals surface area contributed by atoms with Gasteiger partial charge in [0.1, 0.15) is 5.75 Å². The summed E-state index contributed by atoms with van der Waals surface area (Å²) in [4.78, 5) is 20.5. The number of aromatic nitrogens is 1. The summed E-state index contributed by atoms with van der Waals surface area (Å²) in [7, 11) is 0. The number of para-hydroxylation sites is 1. The van der Waals surface area contributed by atoms with E-state index < -0.39 is 12.5 Å². The number of hydrogen-bond acceptors (Lipinski definition) is 5. The normalized spacial score (nSPS) is 13.9. The number of nitrogens with zero attached hydrogens (tertiary/aromatic N) is 2. The largest absolute Gasteiger partial charge is 0.434 e. The van der Waals surface area contributed by atoms with Crippen molar-refractivity contribution in [1.82, 2.24) is 9.88 Å². The van der Waals surface area contributed by atoms with Crippen molar-refractivity contribution in [2.45, 2.75) is 26.1 Å². The summed E-state index contributed by atoms with van der Waals surface area (Å²) >= 11 is 1.42. The first-order valence-corrected chi connectivity index (χ1v) is 10.00. The topological polar surface area (TPSA) is 54.5 Å². The first kappa shape index (κ1) is 19.5. The van der Waals surface area contributed by atoms with Crippen LogP contribution < -0.4 is 10.1 Å². The number of nitrogens with one attached hydrogen (secondary N) is 1. The predicted octanol–water partition coefficient (Wildman–Crippen LogP) is 4.56. The molecule has 1 N–H and O–H groups in total. The van der Waals surface area contributed by atoms with Gasteiger partial charge in [-0.1, -0.05) is 42.5 Å². The van der Waals surface area contributed by atoms with E-state index in [0.29, 0.717) is 5.13 Å². The third-order valence-electron chi connectivity index (χ3n) is 4.63. The molecule has 29 heavy (non-hydrogen) atoms. The highest BCUT2D eigenvalue weighted by molar-refractivity contribution is 7.15. The van der Waals surface area contributed by atoms with E-state index in [4.69, 9.17) is 0 Å². The number of anilines is 1. The van der Waals surface area contributed by atoms with Crippen LogP contribution in [0.15, 0.2) is 54.6 Å². The zero-order valence-electron chi connectivity index (χ0n) is 15.5. The number of fused-ring (bicyclic) bond motifs is 1. The second kappa shape index (κ2) is 8.67. The highest BCUT2D eigenvalue weighted by Gasteiger charge is 2.22. The Labute approximate surface area is 171 Å². The highest BCUT2D eigenvalue weighted by atomic mass is 32.1. The summed E-state index contributed by atoms with van der Waals surface area (Å²) in [5, 5.41) is 3.18. The van der Waals surface area contributed by atoms with E-state index >= 15 is 0 Å². The molecule has 2 heterocycles. The maximum atomic E-state index is 12.6. The Morgan fingerprint density at radius 2 is 1.93 bits per heavy atom. The van der Waals surface area contributed by atoms with Crippen LogP contribution in [0.3, 0.4) is 0 Å². The smallest absolute Gasteiger partial charge is 0.387 e. The number of rotatable bonds is 6. The number of thiazole rings is 1. The van der Waals surface area contributed by atoms with Crippen LogP contribution in [0.1, 0.15) is 26.5 Å². The summed E-state index contributed by atoms with van der Waals surface area (Å²) in [5.74, 6) is -0.677. The standard InChI is InChI=1S/C21H19F2N3O2S/c22-20(23)28-17-9-5-4-8-15(17)19(27)25-21-24-16-10-11-26(13-18(16)29-21)12-14-6-2-1-3-7-14/h1-9,20H,10-13H2,(H,24,25,27). The van der Waals surface area contributed by atoms with Crippen LogP contribution >= 0.6 is 11.3 Å². The number of hydrogen-bond donors (Lipinski definition) is 1. The third kappa shape index (κ3) is 4.78. The molecule has 2 aromatic carbocycles. The Balaban J connectivity index is 1.44. The van der Waals surface area contributed by atoms with Gasteiger partial charge in [-0.2, -0.15) is 8.78 Å². The molecule has 5 nitrogen and oxygen atoms in total. The maximum Gasteiger partial charge on any atom is 0.387 e. The lowest BCUT2D eigenvalue weighted by molar-refractivity contribution is -0.0501. The van der Waals surface area contributed by atoms with Crippen molar-refractivity contribution >= 4 is 22.4 Å². The van der Waals surface area contributed by atoms with Gasteiger partial charge in [0.25, 0.3) is 5.91 Å². The molecule has 8 heteroatoms. The van der Waals surface area contributed by atoms with Crippen LogP contribution in [0.2, 0.25) is 0 Å². The number of alkyl halides is 2. The van der Waals surface area contributed by atoms with Crippen LogP contribution in [0, 0.1) is 0 Å². The van der Waals surface area contributed by atoms with E-state index in [-0.39, 0.29) is 11.3 Å². The highest BCUT2D eigenvalue weighted by Crippen LogP contribution is 2.30. The molecule has 0 atom stereocenters. The fourth-order valence-corrected chi connectivity index (χ4v) is 4.34. The van der Waals surface area contributed by atoms with Crippen LogP contribution in [0.4, 0.5) is 13.9 Å². The summed E-state index contributed by atoms with van der Waals surface area (Å²) in [6.45, 7) is -0.475. The number of carbonyl (C=O) groups excluding carboxylic acids is 1. The van der Waals surface area contributed by atoms with Gasteiger partial charge in [-0.25, -0.2) is 4.98 Å². The van der Waals surface area contributed by atoms with Crippen molar-refractivity contribution in [3.63, 3.8) is 0 Å². The molecule has 0 aliphatic carbocycles. The number of halogens is 2. The molecule has 150 valence electrons. The van der Waals surface area contributed by atoms with Gasteiger partial charge in [-0.3, -0.25) is 15.0 Å². The second-order valence-electron chi connectivity index (χ2n) is 6.66. The minimum Gasteiger partial charge on any atom is -0.434 e. The zero-order chi connectivity index (χ0) is 20.2. The second-order valence-corrected chi connectivity index (χ2v) is 7.75. The first-order chi connectivity index (χ1) is 14.1. The molecular weight excluding hydrogens is 396 g/mol. The van der Waals surface area contributed by atoms with Gasteiger partial charge in [0.2, 0.25) is 0 Å². The number of carbonyl (C=O) groups is 1. The van der Waals surface area contributed by atoms with E-state index in [1.54, 1.807) is 6.07 Å². The molecule has 0 saturated carbocycles. The SMILES string of the molecule is O=C(Nc1nc2c(s1)CN(Cc1ccccc1)CC2)c1ccccc1OC(F)F. The number of benzene rings is 2. The average Bonchev–Trinajstić information content (AvgIpc) is 3.10. The summed E-state index contributed by atoms with van der Waals surface area (Å²) in [6.07, 6.45) is 0.805. The molecule has 0 bridgehead atoms. The van der Waals surface area contributed by atoms with Crippen molar-refractivity contribution < 1.29 is 18.3 Å². The van der Waals surface area contributed by atoms with E-state index in [2.05, 4.69) is 32.1 Å². The maximum absolute atomic E-state index is 12.6. The van der Waals surface area contributed by atoms with Crippen molar-refractivity contribution in [1.29, 1.82) is 0 Å². The Bertz CT molecular complexity index is 995. The Morgan fingerprint density at radius 1 is 1.17 bits per heavy atom. The molecule has 4 rings (SSSR count). The lowest BCUT2D eigenvalue weighted by Crippen LogP contribution is -2.29. The van der Waals surface area contributed by atoms with E-state index in [9.17, 15) is 13.6 Å². The van der Waals surface area contributed by atoms with Crippen LogP contribution in [-0.2, 0) is 19.5 Å². The molecule has 0 saturated heterocycles. The summed E-state index contributed by atoms with van der Waals surface area (Å²) in [5.41, 5.74) is 2.28. The molecule has 1 amide bonds. The van der Waals surface area contributed by atoms with Crippen molar-refractivity contribution in [3.05, 3.63) is 76.3 Å². The Kier molecular flexibility index (Phi) is 5.82. The minimum atomic E-state index is -2.99.